The smallest absolute Gasteiger partial charge is 0.317 e. The molecule has 1 aromatic heterocycles. The summed E-state index contributed by atoms with van der Waals surface area (Å²) in [5.74, 6) is 0.811. The van der Waals surface area contributed by atoms with E-state index in [1.165, 1.54) is 6.42 Å². The van der Waals surface area contributed by atoms with E-state index in [1.807, 2.05) is 17.9 Å². The highest BCUT2D eigenvalue weighted by molar-refractivity contribution is 5.74. The van der Waals surface area contributed by atoms with Crippen molar-refractivity contribution in [2.24, 2.45) is 5.41 Å². The number of nitrogens with zero attached hydrogens (tertiary/aromatic N) is 2. The van der Waals surface area contributed by atoms with Gasteiger partial charge in [-0.25, -0.2) is 4.79 Å². The predicted octanol–water partition coefficient (Wildman–Crippen LogP) is 1.74. The quantitative estimate of drug-likeness (QED) is 0.921. The summed E-state index contributed by atoms with van der Waals surface area (Å²) in [6.45, 7) is 5.78. The molecule has 1 spiro atoms. The summed E-state index contributed by atoms with van der Waals surface area (Å²) >= 11 is 0. The molecule has 6 nitrogen and oxygen atoms in total. The summed E-state index contributed by atoms with van der Waals surface area (Å²) in [6, 6.07) is 1.92. The molecule has 0 radical (unpaired) electrons. The summed E-state index contributed by atoms with van der Waals surface area (Å²) < 4.78 is 10.7. The summed E-state index contributed by atoms with van der Waals surface area (Å²) in [5, 5.41) is 6.80. The molecule has 2 aliphatic rings. The Labute approximate surface area is 124 Å². The summed E-state index contributed by atoms with van der Waals surface area (Å²) in [6.07, 6.45) is 4.02. The summed E-state index contributed by atoms with van der Waals surface area (Å²) in [7, 11) is 0. The van der Waals surface area contributed by atoms with Gasteiger partial charge in [0.05, 0.1) is 12.3 Å². The van der Waals surface area contributed by atoms with Gasteiger partial charge in [-0.2, -0.15) is 0 Å². The third-order valence-corrected chi connectivity index (χ3v) is 4.45. The highest BCUT2D eigenvalue weighted by Crippen LogP contribution is 2.37. The highest BCUT2D eigenvalue weighted by Gasteiger charge is 2.41. The van der Waals surface area contributed by atoms with Crippen LogP contribution in [0.4, 0.5) is 4.79 Å². The largest absolute Gasteiger partial charge is 0.381 e. The molecule has 0 aliphatic carbocycles. The molecule has 1 unspecified atom stereocenters. The number of amides is 2. The van der Waals surface area contributed by atoms with Crippen LogP contribution in [0.1, 0.15) is 30.7 Å². The standard InChI is InChI=1S/C15H23N3O3/c1-12-9-13(21-17-12)3-6-16-14(19)18-7-5-15(10-18)4-2-8-20-11-15/h9H,2-8,10-11H2,1H3,(H,16,19). The van der Waals surface area contributed by atoms with Crippen LogP contribution in [0.25, 0.3) is 0 Å². The van der Waals surface area contributed by atoms with Gasteiger partial charge in [0.1, 0.15) is 5.76 Å². The zero-order chi connectivity index (χ0) is 14.7. The van der Waals surface area contributed by atoms with E-state index in [4.69, 9.17) is 9.26 Å². The molecule has 2 saturated heterocycles. The Kier molecular flexibility index (Phi) is 4.14. The fourth-order valence-electron chi connectivity index (χ4n) is 3.28. The van der Waals surface area contributed by atoms with Crippen LogP contribution in [0.3, 0.4) is 0 Å². The van der Waals surface area contributed by atoms with Crippen LogP contribution in [0.5, 0.6) is 0 Å². The van der Waals surface area contributed by atoms with Crippen molar-refractivity contribution < 1.29 is 14.1 Å². The predicted molar refractivity (Wildman–Crippen MR) is 77.0 cm³/mol. The second-order valence-corrected chi connectivity index (χ2v) is 6.24. The van der Waals surface area contributed by atoms with Gasteiger partial charge < -0.3 is 19.5 Å². The molecule has 3 heterocycles. The van der Waals surface area contributed by atoms with Gasteiger partial charge in [0.15, 0.2) is 0 Å². The molecule has 2 fully saturated rings. The van der Waals surface area contributed by atoms with Gasteiger partial charge in [-0.05, 0) is 26.2 Å². The Balaban J connectivity index is 1.43. The number of rotatable bonds is 3. The van der Waals surface area contributed by atoms with Crippen LogP contribution < -0.4 is 5.32 Å². The molecule has 2 amide bonds. The van der Waals surface area contributed by atoms with Gasteiger partial charge in [0.25, 0.3) is 0 Å². The maximum Gasteiger partial charge on any atom is 0.317 e. The first-order valence-electron chi connectivity index (χ1n) is 7.70. The number of carbonyl (C=O) groups excluding carboxylic acids is 1. The Hall–Kier alpha value is -1.56. The first-order valence-corrected chi connectivity index (χ1v) is 7.70. The minimum Gasteiger partial charge on any atom is -0.381 e. The molecule has 0 saturated carbocycles. The molecule has 6 heteroatoms. The Bertz CT molecular complexity index is 494. The zero-order valence-corrected chi connectivity index (χ0v) is 12.6. The number of hydrogen-bond acceptors (Lipinski definition) is 4. The van der Waals surface area contributed by atoms with E-state index in [9.17, 15) is 4.79 Å². The van der Waals surface area contributed by atoms with Gasteiger partial charge in [-0.3, -0.25) is 0 Å². The van der Waals surface area contributed by atoms with Crippen molar-refractivity contribution in [3.8, 4) is 0 Å². The number of likely N-dealkylation sites (tertiary alicyclic amines) is 1. The second kappa shape index (κ2) is 6.05. The lowest BCUT2D eigenvalue weighted by Crippen LogP contribution is -2.42. The van der Waals surface area contributed by atoms with Crippen LogP contribution in [0.15, 0.2) is 10.6 Å². The van der Waals surface area contributed by atoms with E-state index in [0.717, 1.165) is 50.6 Å². The number of aromatic nitrogens is 1. The van der Waals surface area contributed by atoms with Crippen LogP contribution in [-0.4, -0.2) is 48.9 Å². The maximum absolute atomic E-state index is 12.2. The molecule has 1 aromatic rings. The normalized spacial score (nSPS) is 25.5. The fraction of sp³-hybridized carbons (Fsp3) is 0.733. The third-order valence-electron chi connectivity index (χ3n) is 4.45. The zero-order valence-electron chi connectivity index (χ0n) is 12.6. The Morgan fingerprint density at radius 1 is 1.52 bits per heavy atom. The molecule has 21 heavy (non-hydrogen) atoms. The molecular formula is C15H23N3O3. The molecule has 0 aromatic carbocycles. The van der Waals surface area contributed by atoms with Crippen molar-refractivity contribution in [1.82, 2.24) is 15.4 Å². The average molecular weight is 293 g/mol. The molecule has 1 atom stereocenters. The molecule has 0 bridgehead atoms. The lowest BCUT2D eigenvalue weighted by atomic mass is 9.82. The van der Waals surface area contributed by atoms with Gasteiger partial charge >= 0.3 is 6.03 Å². The lowest BCUT2D eigenvalue weighted by molar-refractivity contribution is -0.000429. The number of aryl methyl sites for hydroxylation is 1. The van der Waals surface area contributed by atoms with Crippen molar-refractivity contribution in [3.05, 3.63) is 17.5 Å². The maximum atomic E-state index is 12.2. The summed E-state index contributed by atoms with van der Waals surface area (Å²) in [4.78, 5) is 14.1. The minimum absolute atomic E-state index is 0.0219. The Morgan fingerprint density at radius 3 is 3.14 bits per heavy atom. The van der Waals surface area contributed by atoms with E-state index in [2.05, 4.69) is 10.5 Å². The number of urea groups is 1. The molecule has 1 N–H and O–H groups in total. The number of nitrogens with one attached hydrogen (secondary N) is 1. The fourth-order valence-corrected chi connectivity index (χ4v) is 3.28. The minimum atomic E-state index is 0.0219. The first kappa shape index (κ1) is 14.4. The number of hydrogen-bond donors (Lipinski definition) is 1. The highest BCUT2D eigenvalue weighted by atomic mass is 16.5. The van der Waals surface area contributed by atoms with Gasteiger partial charge in [0.2, 0.25) is 0 Å². The van der Waals surface area contributed by atoms with Crippen molar-refractivity contribution in [1.29, 1.82) is 0 Å². The van der Waals surface area contributed by atoms with Crippen molar-refractivity contribution in [2.45, 2.75) is 32.6 Å². The van der Waals surface area contributed by atoms with Gasteiger partial charge in [-0.1, -0.05) is 5.16 Å². The third kappa shape index (κ3) is 3.37. The lowest BCUT2D eigenvalue weighted by Gasteiger charge is -2.32. The molecule has 116 valence electrons. The summed E-state index contributed by atoms with van der Waals surface area (Å²) in [5.41, 5.74) is 1.08. The van der Waals surface area contributed by atoms with Crippen molar-refractivity contribution in [2.75, 3.05) is 32.8 Å². The SMILES string of the molecule is Cc1cc(CCNC(=O)N2CCC3(CCCOC3)C2)on1. The average Bonchev–Trinajstić information content (AvgIpc) is 3.07. The number of ether oxygens (including phenoxy) is 1. The van der Waals surface area contributed by atoms with Crippen LogP contribution in [-0.2, 0) is 11.2 Å². The molecule has 2 aliphatic heterocycles. The van der Waals surface area contributed by atoms with E-state index in [1.54, 1.807) is 0 Å². The van der Waals surface area contributed by atoms with Crippen LogP contribution >= 0.6 is 0 Å². The molecular weight excluding hydrogens is 270 g/mol. The van der Waals surface area contributed by atoms with E-state index >= 15 is 0 Å². The molecule has 3 rings (SSSR count). The van der Waals surface area contributed by atoms with Gasteiger partial charge in [-0.15, -0.1) is 0 Å². The van der Waals surface area contributed by atoms with E-state index in [0.29, 0.717) is 13.0 Å². The second-order valence-electron chi connectivity index (χ2n) is 6.24. The number of carbonyl (C=O) groups is 1. The Morgan fingerprint density at radius 2 is 2.43 bits per heavy atom. The van der Waals surface area contributed by atoms with Crippen LogP contribution in [0, 0.1) is 12.3 Å². The topological polar surface area (TPSA) is 67.6 Å². The van der Waals surface area contributed by atoms with Gasteiger partial charge in [0, 0.05) is 44.1 Å². The first-order chi connectivity index (χ1) is 10.2. The van der Waals surface area contributed by atoms with E-state index < -0.39 is 0 Å². The monoisotopic (exact) mass is 293 g/mol. The van der Waals surface area contributed by atoms with Crippen molar-refractivity contribution >= 4 is 6.03 Å². The van der Waals surface area contributed by atoms with Crippen molar-refractivity contribution in [3.63, 3.8) is 0 Å². The van der Waals surface area contributed by atoms with Crippen LogP contribution in [0.2, 0.25) is 0 Å². The van der Waals surface area contributed by atoms with E-state index in [-0.39, 0.29) is 11.4 Å².